The Labute approximate surface area is 228 Å². The third-order valence-electron chi connectivity index (χ3n) is 6.96. The fourth-order valence-corrected chi connectivity index (χ4v) is 5.67. The molecule has 1 N–H and O–H groups in total. The molecule has 6 nitrogen and oxygen atoms in total. The maximum Gasteiger partial charge on any atom is 0.475 e. The van der Waals surface area contributed by atoms with Crippen molar-refractivity contribution in [3.8, 4) is 0 Å². The highest BCUT2D eigenvalue weighted by atomic mass is 35.6. The van der Waals surface area contributed by atoms with Crippen LogP contribution in [0.4, 0.5) is 0 Å². The van der Waals surface area contributed by atoms with Crippen molar-refractivity contribution >= 4 is 48.5 Å². The Bertz CT molecular complexity index is 974. The summed E-state index contributed by atoms with van der Waals surface area (Å²) < 4.78 is 34.9. The maximum atomic E-state index is 13.7. The predicted molar refractivity (Wildman–Crippen MR) is 145 cm³/mol. The topological polar surface area (TPSA) is 77.8 Å². The molecule has 1 fully saturated rings. The third-order valence-corrected chi connectivity index (χ3v) is 8.83. The Morgan fingerprint density at radius 2 is 1.36 bits per heavy atom. The van der Waals surface area contributed by atoms with Crippen molar-refractivity contribution in [2.24, 2.45) is 23.7 Å². The van der Waals surface area contributed by atoms with Gasteiger partial charge in [-0.2, -0.15) is 0 Å². The number of alkyl halides is 3. The van der Waals surface area contributed by atoms with E-state index >= 15 is 0 Å². The van der Waals surface area contributed by atoms with Crippen molar-refractivity contribution in [3.63, 3.8) is 0 Å². The number of phosphoric acid groups is 1. The number of rotatable bonds is 10. The van der Waals surface area contributed by atoms with Crippen molar-refractivity contribution in [2.45, 2.75) is 50.3 Å². The number of hydrogen-bond donors (Lipinski definition) is 1. The predicted octanol–water partition coefficient (Wildman–Crippen LogP) is 8.21. The molecule has 1 aliphatic rings. The Balaban J connectivity index is 1.69. The van der Waals surface area contributed by atoms with Crippen LogP contribution in [0, 0.1) is 29.1 Å². The van der Waals surface area contributed by atoms with Crippen LogP contribution in [0.2, 0.25) is 0 Å². The standard InChI is InChI=1S/C26H33Cl3NO5P/c1-18-19(2)23(14-24(20(18)3)35-25(30)26(27,28)29)17-34-36(31,32-15-21-10-6-4-7-11-21)33-16-22-12-8-5-9-13-22/h4-13,18-20,23-24,30H,14-17H2,1-3H3/t18-,19-,20?,23?,24-/m0/s1. The largest absolute Gasteiger partial charge is 0.475 e. The smallest absolute Gasteiger partial charge is 0.474 e. The molecule has 2 aromatic carbocycles. The normalized spacial score (nSPS) is 24.9. The Morgan fingerprint density at radius 3 is 1.83 bits per heavy atom. The second-order valence-electron chi connectivity index (χ2n) is 9.32. The lowest BCUT2D eigenvalue weighted by Crippen LogP contribution is -2.44. The minimum atomic E-state index is -3.90. The number of phosphoric ester groups is 1. The van der Waals surface area contributed by atoms with Crippen LogP contribution < -0.4 is 0 Å². The van der Waals surface area contributed by atoms with Crippen molar-refractivity contribution in [1.82, 2.24) is 0 Å². The van der Waals surface area contributed by atoms with Crippen LogP contribution in [-0.4, -0.2) is 22.4 Å². The number of hydrogen-bond acceptors (Lipinski definition) is 6. The molecule has 0 radical (unpaired) electrons. The molecule has 0 aromatic heterocycles. The van der Waals surface area contributed by atoms with E-state index in [0.717, 1.165) is 11.1 Å². The Kier molecular flexibility index (Phi) is 10.7. The average Bonchev–Trinajstić information content (AvgIpc) is 2.86. The second-order valence-corrected chi connectivity index (χ2v) is 13.3. The van der Waals surface area contributed by atoms with Crippen molar-refractivity contribution < 1.29 is 22.9 Å². The molecule has 10 heteroatoms. The fourth-order valence-electron chi connectivity index (χ4n) is 4.32. The first-order valence-corrected chi connectivity index (χ1v) is 14.5. The van der Waals surface area contributed by atoms with Gasteiger partial charge in [0.2, 0.25) is 5.90 Å². The first kappa shape index (κ1) is 29.4. The van der Waals surface area contributed by atoms with E-state index in [9.17, 15) is 4.57 Å². The zero-order valence-electron chi connectivity index (χ0n) is 20.6. The lowest BCUT2D eigenvalue weighted by atomic mass is 9.67. The van der Waals surface area contributed by atoms with Gasteiger partial charge < -0.3 is 4.74 Å². The zero-order chi connectivity index (χ0) is 26.3. The first-order valence-electron chi connectivity index (χ1n) is 11.9. The molecule has 1 saturated carbocycles. The molecule has 36 heavy (non-hydrogen) atoms. The zero-order valence-corrected chi connectivity index (χ0v) is 23.8. The molecule has 2 unspecified atom stereocenters. The first-order chi connectivity index (χ1) is 17.0. The molecule has 3 rings (SSSR count). The lowest BCUT2D eigenvalue weighted by Gasteiger charge is -2.43. The van der Waals surface area contributed by atoms with E-state index in [-0.39, 0.29) is 49.6 Å². The summed E-state index contributed by atoms with van der Waals surface area (Å²) in [5.74, 6) is 0.153. The van der Waals surface area contributed by atoms with E-state index in [1.54, 1.807) is 0 Å². The summed E-state index contributed by atoms with van der Waals surface area (Å²) in [6, 6.07) is 18.9. The van der Waals surface area contributed by atoms with Gasteiger partial charge >= 0.3 is 7.82 Å². The summed E-state index contributed by atoms with van der Waals surface area (Å²) in [5.41, 5.74) is 1.72. The Hall–Kier alpha value is -1.11. The minimum absolute atomic E-state index is 0.0293. The molecule has 1 aliphatic carbocycles. The van der Waals surface area contributed by atoms with E-state index < -0.39 is 17.5 Å². The van der Waals surface area contributed by atoms with E-state index in [0.29, 0.717) is 6.42 Å². The minimum Gasteiger partial charge on any atom is -0.474 e. The van der Waals surface area contributed by atoms with Crippen molar-refractivity contribution in [2.75, 3.05) is 6.61 Å². The van der Waals surface area contributed by atoms with Gasteiger partial charge in [-0.3, -0.25) is 19.0 Å². The molecule has 0 bridgehead atoms. The molecule has 5 atom stereocenters. The average molecular weight is 577 g/mol. The fraction of sp³-hybridized carbons (Fsp3) is 0.500. The molecular formula is C26H33Cl3NO5P. The van der Waals surface area contributed by atoms with Crippen LogP contribution in [-0.2, 0) is 36.1 Å². The van der Waals surface area contributed by atoms with E-state index in [4.69, 9.17) is 58.5 Å². The molecular weight excluding hydrogens is 544 g/mol. The van der Waals surface area contributed by atoms with Crippen molar-refractivity contribution in [1.29, 1.82) is 5.41 Å². The Morgan fingerprint density at radius 1 is 0.861 bits per heavy atom. The highest BCUT2D eigenvalue weighted by Crippen LogP contribution is 2.52. The van der Waals surface area contributed by atoms with Gasteiger partial charge in [0.1, 0.15) is 6.10 Å². The quantitative estimate of drug-likeness (QED) is 0.133. The van der Waals surface area contributed by atoms with Gasteiger partial charge in [0.05, 0.1) is 19.8 Å². The summed E-state index contributed by atoms with van der Waals surface area (Å²) in [6.07, 6.45) is 0.204. The van der Waals surface area contributed by atoms with E-state index in [1.165, 1.54) is 0 Å². The summed E-state index contributed by atoms with van der Waals surface area (Å²) in [5, 5.41) is 7.99. The molecule has 0 spiro atoms. The molecule has 0 heterocycles. The van der Waals surface area contributed by atoms with Gasteiger partial charge in [0, 0.05) is 0 Å². The number of nitrogens with one attached hydrogen (secondary N) is 1. The van der Waals surface area contributed by atoms with Gasteiger partial charge in [-0.05, 0) is 41.2 Å². The van der Waals surface area contributed by atoms with Crippen LogP contribution in [0.3, 0.4) is 0 Å². The van der Waals surface area contributed by atoms with E-state index in [1.807, 2.05) is 60.7 Å². The maximum absolute atomic E-state index is 13.7. The molecule has 0 amide bonds. The molecule has 2 aromatic rings. The summed E-state index contributed by atoms with van der Waals surface area (Å²) in [6.45, 7) is 6.63. The van der Waals surface area contributed by atoms with Gasteiger partial charge in [-0.25, -0.2) is 4.57 Å². The number of benzene rings is 2. The van der Waals surface area contributed by atoms with Crippen LogP contribution in [0.5, 0.6) is 0 Å². The SMILES string of the molecule is CC1[C@@H](OC(=N)C(Cl)(Cl)Cl)CC(COP(=O)(OCc2ccccc2)OCc2ccccc2)[C@@H](C)[C@@H]1C. The van der Waals surface area contributed by atoms with Crippen LogP contribution in [0.1, 0.15) is 38.3 Å². The second kappa shape index (κ2) is 13.1. The van der Waals surface area contributed by atoms with Gasteiger partial charge in [-0.1, -0.05) is 116 Å². The summed E-state index contributed by atoms with van der Waals surface area (Å²) in [4.78, 5) is 0. The highest BCUT2D eigenvalue weighted by Gasteiger charge is 2.43. The van der Waals surface area contributed by atoms with Gasteiger partial charge in [0.15, 0.2) is 0 Å². The van der Waals surface area contributed by atoms with E-state index in [2.05, 4.69) is 20.8 Å². The van der Waals surface area contributed by atoms with Crippen LogP contribution >= 0.6 is 42.6 Å². The monoisotopic (exact) mass is 575 g/mol. The lowest BCUT2D eigenvalue weighted by molar-refractivity contribution is -0.0249. The number of halogens is 3. The van der Waals surface area contributed by atoms with Crippen molar-refractivity contribution in [3.05, 3.63) is 71.8 Å². The molecule has 0 saturated heterocycles. The summed E-state index contributed by atoms with van der Waals surface area (Å²) in [7, 11) is -3.90. The molecule has 0 aliphatic heterocycles. The van der Waals surface area contributed by atoms with Gasteiger partial charge in [0.25, 0.3) is 3.79 Å². The third kappa shape index (κ3) is 8.46. The van der Waals surface area contributed by atoms with Crippen LogP contribution in [0.15, 0.2) is 60.7 Å². The molecule has 198 valence electrons. The van der Waals surface area contributed by atoms with Crippen LogP contribution in [0.25, 0.3) is 0 Å². The highest BCUT2D eigenvalue weighted by molar-refractivity contribution is 7.48. The number of ether oxygens (including phenoxy) is 1. The summed E-state index contributed by atoms with van der Waals surface area (Å²) >= 11 is 17.5. The van der Waals surface area contributed by atoms with Gasteiger partial charge in [-0.15, -0.1) is 0 Å².